The van der Waals surface area contributed by atoms with Crippen molar-refractivity contribution in [2.45, 2.75) is 58.7 Å². The minimum atomic E-state index is -0.746. The number of nitrogens with zero attached hydrogens (tertiary/aromatic N) is 5. The van der Waals surface area contributed by atoms with Gasteiger partial charge in [0.05, 0.1) is 6.54 Å². The molecule has 2 atom stereocenters. The van der Waals surface area contributed by atoms with Crippen LogP contribution in [0.15, 0.2) is 0 Å². The van der Waals surface area contributed by atoms with Gasteiger partial charge in [-0.15, -0.1) is 5.10 Å². The van der Waals surface area contributed by atoms with Crippen LogP contribution in [-0.4, -0.2) is 48.8 Å². The van der Waals surface area contributed by atoms with Gasteiger partial charge in [0.25, 0.3) is 0 Å². The topological polar surface area (TPSA) is 84.1 Å². The maximum absolute atomic E-state index is 11.4. The Balaban J connectivity index is 2.04. The number of likely N-dealkylation sites (tertiary alicyclic amines) is 1. The zero-order valence-corrected chi connectivity index (χ0v) is 12.2. The van der Waals surface area contributed by atoms with Crippen molar-refractivity contribution in [3.63, 3.8) is 0 Å². The number of carboxylic acid groups (broad SMARTS) is 1. The maximum atomic E-state index is 11.4. The van der Waals surface area contributed by atoms with Crippen LogP contribution in [0.4, 0.5) is 0 Å². The lowest BCUT2D eigenvalue weighted by molar-refractivity contribution is -0.145. The number of aryl methyl sites for hydroxylation is 1. The minimum Gasteiger partial charge on any atom is -0.480 e. The van der Waals surface area contributed by atoms with Crippen LogP contribution in [0.5, 0.6) is 0 Å². The molecular formula is C13H23N5O2. The van der Waals surface area contributed by atoms with Crippen LogP contribution in [0.3, 0.4) is 0 Å². The van der Waals surface area contributed by atoms with Gasteiger partial charge in [-0.3, -0.25) is 9.69 Å². The highest BCUT2D eigenvalue weighted by Gasteiger charge is 2.32. The summed E-state index contributed by atoms with van der Waals surface area (Å²) in [6.07, 6.45) is 3.84. The molecule has 1 aromatic heterocycles. The monoisotopic (exact) mass is 281 g/mol. The van der Waals surface area contributed by atoms with Gasteiger partial charge in [0.2, 0.25) is 0 Å². The molecule has 0 radical (unpaired) electrons. The molecule has 0 aliphatic carbocycles. The molecule has 7 nitrogen and oxygen atoms in total. The quantitative estimate of drug-likeness (QED) is 0.842. The van der Waals surface area contributed by atoms with E-state index in [0.29, 0.717) is 18.9 Å². The summed E-state index contributed by atoms with van der Waals surface area (Å²) in [5, 5.41) is 21.1. The summed E-state index contributed by atoms with van der Waals surface area (Å²) in [7, 11) is 0. The Morgan fingerprint density at radius 1 is 1.50 bits per heavy atom. The van der Waals surface area contributed by atoms with E-state index in [2.05, 4.69) is 29.4 Å². The molecule has 2 rings (SSSR count). The lowest BCUT2D eigenvalue weighted by atomic mass is 9.92. The van der Waals surface area contributed by atoms with E-state index < -0.39 is 12.0 Å². The number of hydrogen-bond acceptors (Lipinski definition) is 5. The van der Waals surface area contributed by atoms with E-state index in [9.17, 15) is 9.90 Å². The average molecular weight is 281 g/mol. The van der Waals surface area contributed by atoms with E-state index >= 15 is 0 Å². The van der Waals surface area contributed by atoms with Crippen molar-refractivity contribution in [2.75, 3.05) is 6.54 Å². The molecule has 1 aliphatic heterocycles. The van der Waals surface area contributed by atoms with Crippen LogP contribution in [-0.2, 0) is 17.9 Å². The van der Waals surface area contributed by atoms with Crippen LogP contribution < -0.4 is 0 Å². The normalized spacial score (nSPS) is 23.9. The molecule has 1 fully saturated rings. The molecule has 7 heteroatoms. The van der Waals surface area contributed by atoms with Crippen molar-refractivity contribution in [3.8, 4) is 0 Å². The largest absolute Gasteiger partial charge is 0.480 e. The summed E-state index contributed by atoms with van der Waals surface area (Å²) in [6, 6.07) is -0.421. The average Bonchev–Trinajstić information content (AvgIpc) is 2.85. The van der Waals surface area contributed by atoms with E-state index in [1.807, 2.05) is 4.90 Å². The van der Waals surface area contributed by atoms with Crippen molar-refractivity contribution >= 4 is 5.97 Å². The Morgan fingerprint density at radius 3 is 3.00 bits per heavy atom. The lowest BCUT2D eigenvalue weighted by Crippen LogP contribution is -2.46. The van der Waals surface area contributed by atoms with Crippen LogP contribution in [0, 0.1) is 5.92 Å². The number of carboxylic acids is 1. The molecule has 0 bridgehead atoms. The van der Waals surface area contributed by atoms with Crippen molar-refractivity contribution in [1.29, 1.82) is 0 Å². The molecule has 0 saturated carbocycles. The van der Waals surface area contributed by atoms with Crippen molar-refractivity contribution in [2.24, 2.45) is 5.92 Å². The zero-order chi connectivity index (χ0) is 14.5. The van der Waals surface area contributed by atoms with Gasteiger partial charge in [0.15, 0.2) is 5.82 Å². The van der Waals surface area contributed by atoms with Crippen LogP contribution in [0.1, 0.15) is 45.4 Å². The molecule has 1 N–H and O–H groups in total. The van der Waals surface area contributed by atoms with Gasteiger partial charge in [-0.05, 0) is 42.2 Å². The first-order chi connectivity index (χ1) is 9.61. The molecule has 2 unspecified atom stereocenters. The third-order valence-electron chi connectivity index (χ3n) is 3.93. The van der Waals surface area contributed by atoms with Gasteiger partial charge in [-0.1, -0.05) is 20.3 Å². The molecule has 1 aromatic rings. The fraction of sp³-hybridized carbons (Fsp3) is 0.846. The Hall–Kier alpha value is -1.50. The predicted molar refractivity (Wildman–Crippen MR) is 73.0 cm³/mol. The van der Waals surface area contributed by atoms with Gasteiger partial charge in [0, 0.05) is 6.54 Å². The Morgan fingerprint density at radius 2 is 2.30 bits per heavy atom. The fourth-order valence-corrected chi connectivity index (χ4v) is 2.64. The summed E-state index contributed by atoms with van der Waals surface area (Å²) < 4.78 is 1.79. The van der Waals surface area contributed by atoms with Crippen molar-refractivity contribution in [1.82, 2.24) is 25.1 Å². The number of aromatic nitrogens is 4. The molecule has 0 aromatic carbocycles. The highest BCUT2D eigenvalue weighted by atomic mass is 16.4. The van der Waals surface area contributed by atoms with Crippen LogP contribution in [0.25, 0.3) is 0 Å². The standard InChI is InChI=1S/C13H23N5O2/c1-3-4-6-18-12(14-15-16-18)9-17-7-5-10(2)8-11(17)13(19)20/h10-11H,3-9H2,1-2H3,(H,19,20). The summed E-state index contributed by atoms with van der Waals surface area (Å²) in [5.41, 5.74) is 0. The first-order valence-electron chi connectivity index (χ1n) is 7.33. The summed E-state index contributed by atoms with van der Waals surface area (Å²) in [4.78, 5) is 13.4. The number of rotatable bonds is 6. The predicted octanol–water partition coefficient (Wildman–Crippen LogP) is 1.16. The number of carbonyl (C=O) groups is 1. The molecule has 20 heavy (non-hydrogen) atoms. The molecule has 0 spiro atoms. The van der Waals surface area contributed by atoms with Gasteiger partial charge in [0.1, 0.15) is 6.04 Å². The SMILES string of the molecule is CCCCn1nnnc1CN1CCC(C)CC1C(=O)O. The Bertz CT molecular complexity index is 448. The number of tetrazole rings is 1. The third-order valence-corrected chi connectivity index (χ3v) is 3.93. The van der Waals surface area contributed by atoms with Gasteiger partial charge in [-0.25, -0.2) is 4.68 Å². The molecular weight excluding hydrogens is 258 g/mol. The first-order valence-corrected chi connectivity index (χ1v) is 7.33. The smallest absolute Gasteiger partial charge is 0.320 e. The number of unbranched alkanes of at least 4 members (excludes halogenated alkanes) is 1. The van der Waals surface area contributed by atoms with Crippen LogP contribution >= 0.6 is 0 Å². The van der Waals surface area contributed by atoms with E-state index in [-0.39, 0.29) is 0 Å². The molecule has 1 saturated heterocycles. The Labute approximate surface area is 119 Å². The van der Waals surface area contributed by atoms with Gasteiger partial charge in [-0.2, -0.15) is 0 Å². The van der Waals surface area contributed by atoms with Crippen LogP contribution in [0.2, 0.25) is 0 Å². The second kappa shape index (κ2) is 6.78. The lowest BCUT2D eigenvalue weighted by Gasteiger charge is -2.35. The number of hydrogen-bond donors (Lipinski definition) is 1. The summed E-state index contributed by atoms with van der Waals surface area (Å²) in [5.74, 6) is 0.479. The van der Waals surface area contributed by atoms with E-state index in [4.69, 9.17) is 0 Å². The van der Waals surface area contributed by atoms with Gasteiger partial charge < -0.3 is 5.11 Å². The minimum absolute atomic E-state index is 0.421. The summed E-state index contributed by atoms with van der Waals surface area (Å²) in [6.45, 7) is 6.33. The number of piperidine rings is 1. The van der Waals surface area contributed by atoms with E-state index in [1.54, 1.807) is 4.68 Å². The molecule has 112 valence electrons. The Kier molecular flexibility index (Phi) is 5.05. The molecule has 0 amide bonds. The molecule has 1 aliphatic rings. The second-order valence-corrected chi connectivity index (χ2v) is 5.63. The zero-order valence-electron chi connectivity index (χ0n) is 12.2. The van der Waals surface area contributed by atoms with Crippen molar-refractivity contribution in [3.05, 3.63) is 5.82 Å². The highest BCUT2D eigenvalue weighted by Crippen LogP contribution is 2.23. The second-order valence-electron chi connectivity index (χ2n) is 5.63. The van der Waals surface area contributed by atoms with E-state index in [1.165, 1.54) is 0 Å². The number of aliphatic carboxylic acids is 1. The third kappa shape index (κ3) is 3.53. The molecule has 2 heterocycles. The van der Waals surface area contributed by atoms with Crippen molar-refractivity contribution < 1.29 is 9.90 Å². The fourth-order valence-electron chi connectivity index (χ4n) is 2.64. The first kappa shape index (κ1) is 14.9. The maximum Gasteiger partial charge on any atom is 0.320 e. The summed E-state index contributed by atoms with van der Waals surface area (Å²) >= 11 is 0. The van der Waals surface area contributed by atoms with Gasteiger partial charge >= 0.3 is 5.97 Å². The van der Waals surface area contributed by atoms with E-state index in [0.717, 1.165) is 38.2 Å². The highest BCUT2D eigenvalue weighted by molar-refractivity contribution is 5.73.